The second-order valence-corrected chi connectivity index (χ2v) is 22.0. The highest BCUT2D eigenvalue weighted by Crippen LogP contribution is 2.75. The van der Waals surface area contributed by atoms with Crippen molar-refractivity contribution in [1.29, 1.82) is 0 Å². The van der Waals surface area contributed by atoms with Gasteiger partial charge in [-0.2, -0.15) is 0 Å². The van der Waals surface area contributed by atoms with Gasteiger partial charge in [-0.25, -0.2) is 0 Å². The van der Waals surface area contributed by atoms with Crippen molar-refractivity contribution in [3.05, 3.63) is 23.5 Å². The van der Waals surface area contributed by atoms with Gasteiger partial charge in [-0.1, -0.05) is 60.1 Å². The summed E-state index contributed by atoms with van der Waals surface area (Å²) in [6.45, 7) is 16.4. The predicted octanol–water partition coefficient (Wildman–Crippen LogP) is 0.140. The molecule has 0 aromatic rings. The molecule has 4 aliphatic heterocycles. The van der Waals surface area contributed by atoms with E-state index in [1.165, 1.54) is 6.92 Å². The van der Waals surface area contributed by atoms with Crippen LogP contribution in [0.3, 0.4) is 0 Å². The maximum absolute atomic E-state index is 15.0. The largest absolute Gasteiger partial charge is 0.483 e. The maximum atomic E-state index is 15.0. The van der Waals surface area contributed by atoms with E-state index in [9.17, 15) is 50.8 Å². The minimum atomic E-state index is -1.82. The number of hydrogen-bond donors (Lipinski definition) is 9. The fourth-order valence-corrected chi connectivity index (χ4v) is 13.8. The first-order chi connectivity index (χ1) is 30.3. The second kappa shape index (κ2) is 17.2. The van der Waals surface area contributed by atoms with Crippen LogP contribution >= 0.6 is 0 Å². The molecule has 65 heavy (non-hydrogen) atoms. The Bertz CT molecular complexity index is 1890. The third-order valence-electron chi connectivity index (χ3n) is 17.8. The Balaban J connectivity index is 1.000. The lowest BCUT2D eigenvalue weighted by Gasteiger charge is -2.65. The molecule has 4 aliphatic carbocycles. The molecule has 368 valence electrons. The zero-order valence-corrected chi connectivity index (χ0v) is 38.9. The maximum Gasteiger partial charge on any atom is 0.202 e. The average Bonchev–Trinajstić information content (AvgIpc) is 3.65. The molecule has 9 N–H and O–H groups in total. The average molecular weight is 925 g/mol. The highest BCUT2D eigenvalue weighted by molar-refractivity contribution is 6.00. The van der Waals surface area contributed by atoms with Crippen molar-refractivity contribution in [2.45, 2.75) is 198 Å². The number of ketones is 2. The van der Waals surface area contributed by atoms with Gasteiger partial charge in [0.15, 0.2) is 24.5 Å². The van der Waals surface area contributed by atoms with E-state index in [0.717, 1.165) is 5.57 Å². The van der Waals surface area contributed by atoms with E-state index >= 15 is 4.79 Å². The van der Waals surface area contributed by atoms with Crippen LogP contribution in [0.25, 0.3) is 0 Å². The summed E-state index contributed by atoms with van der Waals surface area (Å²) in [6.07, 6.45) is -17.3. The summed E-state index contributed by atoms with van der Waals surface area (Å²) in [5.74, 6) is -0.413. The van der Waals surface area contributed by atoms with Gasteiger partial charge in [0.05, 0.1) is 31.5 Å². The summed E-state index contributed by atoms with van der Waals surface area (Å²) in [5.41, 5.74) is -2.99. The van der Waals surface area contributed by atoms with Crippen molar-refractivity contribution in [3.8, 4) is 0 Å². The normalized spacial score (nSPS) is 53.2. The minimum Gasteiger partial charge on any atom is -0.483 e. The SMILES string of the molecule is CC(C)C1=CC(=O)[C@](C)([C@H]2[C@H](O)C[C@@]3(C)[C@@H]4CC=C5[C@@H](CC[C@@H](O[C@@H]6OC[C@@H](O)[C@H](O[C@@H]7O[C@H](CO)[C@@H](O)[C@H](O)[C@H]7O[C@@H]7O[C@@H](C)[C@H](O)[C@@H](O)[C@H]7O)[C@H]6O)C5(C)C)[C@]4(C)C(=O)C[C@]23C)O1. The van der Waals surface area contributed by atoms with Crippen LogP contribution in [0, 0.1) is 45.3 Å². The number of rotatable bonds is 9. The third kappa shape index (κ3) is 7.46. The Hall–Kier alpha value is -1.98. The molecule has 0 aromatic heterocycles. The molecule has 18 heteroatoms. The van der Waals surface area contributed by atoms with Crippen molar-refractivity contribution >= 4 is 11.6 Å². The molecule has 23 atom stereocenters. The lowest BCUT2D eigenvalue weighted by atomic mass is 9.38. The monoisotopic (exact) mass is 924 g/mol. The first-order valence-corrected chi connectivity index (χ1v) is 23.4. The molecule has 4 heterocycles. The van der Waals surface area contributed by atoms with E-state index < -0.39 is 138 Å². The molecule has 0 aromatic carbocycles. The number of ether oxygens (including phenoxy) is 7. The Kier molecular flexibility index (Phi) is 13.0. The lowest BCUT2D eigenvalue weighted by Crippen LogP contribution is -2.66. The van der Waals surface area contributed by atoms with E-state index in [0.29, 0.717) is 31.4 Å². The van der Waals surface area contributed by atoms with Gasteiger partial charge in [0.1, 0.15) is 72.6 Å². The zero-order chi connectivity index (χ0) is 47.7. The molecule has 0 radical (unpaired) electrons. The van der Waals surface area contributed by atoms with Gasteiger partial charge in [-0.3, -0.25) is 9.59 Å². The number of allylic oxidation sites excluding steroid dienone is 2. The van der Waals surface area contributed by atoms with Crippen molar-refractivity contribution in [2.75, 3.05) is 13.2 Å². The first-order valence-electron chi connectivity index (χ1n) is 23.4. The Morgan fingerprint density at radius 1 is 0.754 bits per heavy atom. The van der Waals surface area contributed by atoms with Crippen LogP contribution in [-0.4, -0.2) is 175 Å². The number of Topliss-reactive ketones (excluding diaryl/α,β-unsaturated/α-hetero) is 1. The summed E-state index contributed by atoms with van der Waals surface area (Å²) in [6, 6.07) is 0. The van der Waals surface area contributed by atoms with Crippen LogP contribution in [0.4, 0.5) is 0 Å². The fraction of sp³-hybridized carbons (Fsp3) is 0.872. The molecule has 0 amide bonds. The van der Waals surface area contributed by atoms with Crippen LogP contribution in [0.5, 0.6) is 0 Å². The Morgan fingerprint density at radius 3 is 2.08 bits per heavy atom. The van der Waals surface area contributed by atoms with Gasteiger partial charge in [-0.15, -0.1) is 0 Å². The second-order valence-electron chi connectivity index (χ2n) is 22.0. The molecule has 0 bridgehead atoms. The number of aliphatic hydroxyl groups is 9. The summed E-state index contributed by atoms with van der Waals surface area (Å²) < 4.78 is 42.2. The van der Waals surface area contributed by atoms with Crippen LogP contribution in [0.15, 0.2) is 23.5 Å². The molecule has 6 fully saturated rings. The van der Waals surface area contributed by atoms with Gasteiger partial charge >= 0.3 is 0 Å². The molecule has 3 saturated heterocycles. The lowest BCUT2D eigenvalue weighted by molar-refractivity contribution is -0.384. The van der Waals surface area contributed by atoms with E-state index in [-0.39, 0.29) is 42.3 Å². The van der Waals surface area contributed by atoms with Gasteiger partial charge < -0.3 is 79.1 Å². The number of aliphatic hydroxyl groups excluding tert-OH is 9. The number of carbonyl (C=O) groups excluding carboxylic acids is 2. The third-order valence-corrected chi connectivity index (χ3v) is 17.8. The molecular weight excluding hydrogens is 852 g/mol. The molecule has 3 saturated carbocycles. The summed E-state index contributed by atoms with van der Waals surface area (Å²) in [4.78, 5) is 28.7. The van der Waals surface area contributed by atoms with Crippen molar-refractivity contribution < 1.29 is 88.7 Å². The van der Waals surface area contributed by atoms with Gasteiger partial charge in [-0.05, 0) is 62.2 Å². The molecule has 0 unspecified atom stereocenters. The molecule has 18 nitrogen and oxygen atoms in total. The van der Waals surface area contributed by atoms with Crippen molar-refractivity contribution in [2.24, 2.45) is 45.3 Å². The molecule has 0 spiro atoms. The van der Waals surface area contributed by atoms with E-state index in [4.69, 9.17) is 33.2 Å². The topological polar surface area (TPSA) is 281 Å². The first kappa shape index (κ1) is 49.4. The minimum absolute atomic E-state index is 0.0127. The number of fused-ring (bicyclic) bond motifs is 5. The predicted molar refractivity (Wildman–Crippen MR) is 225 cm³/mol. The Labute approximate surface area is 379 Å². The fourth-order valence-electron chi connectivity index (χ4n) is 13.8. The summed E-state index contributed by atoms with van der Waals surface area (Å²) in [7, 11) is 0. The molecular formula is C47H72O18. The summed E-state index contributed by atoms with van der Waals surface area (Å²) in [5, 5.41) is 98.0. The Morgan fingerprint density at radius 2 is 1.43 bits per heavy atom. The quantitative estimate of drug-likeness (QED) is 0.139. The van der Waals surface area contributed by atoms with Gasteiger partial charge in [0.25, 0.3) is 0 Å². The highest BCUT2D eigenvalue weighted by Gasteiger charge is 2.75. The molecule has 8 rings (SSSR count). The van der Waals surface area contributed by atoms with Crippen LogP contribution in [0.2, 0.25) is 0 Å². The highest BCUT2D eigenvalue weighted by atomic mass is 16.8. The van der Waals surface area contributed by atoms with Crippen molar-refractivity contribution in [3.63, 3.8) is 0 Å². The van der Waals surface area contributed by atoms with E-state index in [1.807, 2.05) is 27.7 Å². The van der Waals surface area contributed by atoms with Crippen LogP contribution < -0.4 is 0 Å². The van der Waals surface area contributed by atoms with Gasteiger partial charge in [0.2, 0.25) is 5.78 Å². The zero-order valence-electron chi connectivity index (χ0n) is 38.9. The van der Waals surface area contributed by atoms with Gasteiger partial charge in [0, 0.05) is 35.2 Å². The number of carbonyl (C=O) groups is 2. The van der Waals surface area contributed by atoms with E-state index in [1.54, 1.807) is 13.0 Å². The smallest absolute Gasteiger partial charge is 0.202 e. The summed E-state index contributed by atoms with van der Waals surface area (Å²) >= 11 is 0. The van der Waals surface area contributed by atoms with Crippen LogP contribution in [0.1, 0.15) is 94.4 Å². The standard InChI is InChI=1S/C47H72O18/c1-19(2)25-14-28(51)47(9,65-25)39-23(49)15-44(6)27-12-10-21-22(46(27,8)29(52)16-45(39,44)7)11-13-30(43(21,4)5)62-40-36(58)37(24(50)18-59-40)63-42-38(34(56)32(54)26(17-48)61-42)64-41-35(57)33(55)31(53)20(3)60-41/h10,14,19-20,22-24,26-27,30-42,48-50,53-58H,11-13,15-18H2,1-9H3/t20-,22+,23+,24+,26+,27-,30+,31-,32+,33+,34-,35+,36+,37-,38+,39-,40-,41-,42-,44-,45+,46-,47+/m0/s1. The van der Waals surface area contributed by atoms with Crippen LogP contribution in [-0.2, 0) is 42.7 Å². The van der Waals surface area contributed by atoms with Crippen molar-refractivity contribution in [1.82, 2.24) is 0 Å². The van der Waals surface area contributed by atoms with E-state index in [2.05, 4.69) is 26.8 Å². The number of hydrogen-bond acceptors (Lipinski definition) is 18. The molecule has 8 aliphatic rings.